The molecule has 2 aromatic heterocycles. The highest BCUT2D eigenvalue weighted by Gasteiger charge is 2.20. The maximum absolute atomic E-state index is 9.75. The van der Waals surface area contributed by atoms with Crippen LogP contribution in [0.3, 0.4) is 0 Å². The summed E-state index contributed by atoms with van der Waals surface area (Å²) in [7, 11) is -2.31. The number of anilines is 1. The molecule has 0 aliphatic carbocycles. The molecule has 0 saturated heterocycles. The van der Waals surface area contributed by atoms with Gasteiger partial charge in [0.25, 0.3) is 0 Å². The predicted molar refractivity (Wildman–Crippen MR) is 135 cm³/mol. The standard InChI is InChI=1S/C24H27N5OS.BF4/c1-4-29(17-16-28-14-6-5-7-15-28)20-10-8-19(9-11-20)25-26-24-27(2)22-13-12-21(30-3)18-23(22)31-24;2-1(3,4)5/h5-15,18H,4,16-17H2,1-3H3;/q+2;-1. The van der Waals surface area contributed by atoms with Crippen LogP contribution in [0.2, 0.25) is 0 Å². The second kappa shape index (κ2) is 12.4. The number of ether oxygens (including phenoxy) is 1. The number of fused-ring (bicyclic) bond motifs is 1. The van der Waals surface area contributed by atoms with Crippen LogP contribution in [0, 0.1) is 0 Å². The fourth-order valence-electron chi connectivity index (χ4n) is 3.46. The smallest absolute Gasteiger partial charge is 0.497 e. The average molecular weight is 520 g/mol. The zero-order chi connectivity index (χ0) is 26.1. The molecule has 0 amide bonds. The van der Waals surface area contributed by atoms with E-state index in [0.29, 0.717) is 0 Å². The van der Waals surface area contributed by atoms with E-state index >= 15 is 0 Å². The third-order valence-corrected chi connectivity index (χ3v) is 6.35. The fourth-order valence-corrected chi connectivity index (χ4v) is 4.46. The first-order valence-corrected chi connectivity index (χ1v) is 12.0. The summed E-state index contributed by atoms with van der Waals surface area (Å²) in [6, 6.07) is 20.5. The summed E-state index contributed by atoms with van der Waals surface area (Å²) in [5.41, 5.74) is 3.15. The minimum absolute atomic E-state index is 0.840. The van der Waals surface area contributed by atoms with Crippen molar-refractivity contribution in [2.45, 2.75) is 13.5 Å². The van der Waals surface area contributed by atoms with E-state index in [4.69, 9.17) is 4.74 Å². The van der Waals surface area contributed by atoms with E-state index < -0.39 is 7.25 Å². The summed E-state index contributed by atoms with van der Waals surface area (Å²) in [5, 5.41) is 9.79. The molecule has 4 rings (SSSR count). The summed E-state index contributed by atoms with van der Waals surface area (Å²) < 4.78 is 49.7. The SMILES string of the molecule is CCN(CC[n+]1ccccc1)c1ccc(N=Nc2sc3cc(OC)ccc3[n+]2C)cc1.F[B-](F)(F)F. The van der Waals surface area contributed by atoms with Crippen LogP contribution in [-0.2, 0) is 13.6 Å². The normalized spacial score (nSPS) is 11.4. The number of benzene rings is 2. The van der Waals surface area contributed by atoms with Crippen LogP contribution in [0.1, 0.15) is 6.92 Å². The van der Waals surface area contributed by atoms with E-state index in [9.17, 15) is 17.3 Å². The number of methoxy groups -OCH3 is 1. The van der Waals surface area contributed by atoms with Crippen LogP contribution < -0.4 is 18.8 Å². The molecule has 190 valence electrons. The maximum atomic E-state index is 9.75. The number of azo groups is 1. The maximum Gasteiger partial charge on any atom is 0.673 e. The fraction of sp³-hybridized carbons (Fsp3) is 0.250. The molecule has 0 bridgehead atoms. The molecule has 0 unspecified atom stereocenters. The topological polar surface area (TPSA) is 45.0 Å². The van der Waals surface area contributed by atoms with E-state index in [1.807, 2.05) is 43.4 Å². The Labute approximate surface area is 211 Å². The summed E-state index contributed by atoms with van der Waals surface area (Å²) in [6.07, 6.45) is 4.20. The number of hydrogen-bond acceptors (Lipinski definition) is 5. The Kier molecular flexibility index (Phi) is 9.35. The molecule has 6 nitrogen and oxygen atoms in total. The number of nitrogens with zero attached hydrogens (tertiary/aromatic N) is 5. The highest BCUT2D eigenvalue weighted by molar-refractivity contribution is 7.21. The van der Waals surface area contributed by atoms with Gasteiger partial charge in [0.1, 0.15) is 17.0 Å². The summed E-state index contributed by atoms with van der Waals surface area (Å²) in [4.78, 5) is 2.36. The van der Waals surface area contributed by atoms with Crippen molar-refractivity contribution in [2.75, 3.05) is 25.1 Å². The van der Waals surface area contributed by atoms with Gasteiger partial charge in [-0.25, -0.2) is 9.13 Å². The average Bonchev–Trinajstić information content (AvgIpc) is 3.18. The van der Waals surface area contributed by atoms with Gasteiger partial charge >= 0.3 is 12.4 Å². The molecule has 0 aliphatic rings. The van der Waals surface area contributed by atoms with Gasteiger partial charge in [-0.15, -0.1) is 0 Å². The van der Waals surface area contributed by atoms with Gasteiger partial charge in [-0.1, -0.05) is 6.07 Å². The van der Waals surface area contributed by atoms with Gasteiger partial charge in [-0.2, -0.15) is 0 Å². The molecule has 2 aromatic carbocycles. The Morgan fingerprint density at radius 3 is 2.25 bits per heavy atom. The molecule has 0 spiro atoms. The van der Waals surface area contributed by atoms with Crippen LogP contribution in [0.5, 0.6) is 5.75 Å². The van der Waals surface area contributed by atoms with Gasteiger partial charge < -0.3 is 26.9 Å². The van der Waals surface area contributed by atoms with Gasteiger partial charge in [0.2, 0.25) is 0 Å². The summed E-state index contributed by atoms with van der Waals surface area (Å²) >= 11 is 1.60. The van der Waals surface area contributed by atoms with Gasteiger partial charge in [-0.05, 0) is 59.8 Å². The van der Waals surface area contributed by atoms with Crippen LogP contribution in [0.4, 0.5) is 33.8 Å². The predicted octanol–water partition coefficient (Wildman–Crippen LogP) is 6.26. The first-order valence-electron chi connectivity index (χ1n) is 11.2. The Morgan fingerprint density at radius 2 is 1.64 bits per heavy atom. The Bertz CT molecular complexity index is 1280. The van der Waals surface area contributed by atoms with Crippen LogP contribution in [-0.4, -0.2) is 27.5 Å². The van der Waals surface area contributed by atoms with Crippen LogP contribution in [0.15, 0.2) is 83.3 Å². The minimum Gasteiger partial charge on any atom is -0.497 e. The zero-order valence-corrected chi connectivity index (χ0v) is 21.0. The molecule has 36 heavy (non-hydrogen) atoms. The van der Waals surface area contributed by atoms with Gasteiger partial charge in [0.15, 0.2) is 18.9 Å². The minimum atomic E-state index is -6.00. The van der Waals surface area contributed by atoms with Gasteiger partial charge in [0, 0.05) is 30.4 Å². The van der Waals surface area contributed by atoms with Crippen molar-refractivity contribution in [2.24, 2.45) is 17.3 Å². The largest absolute Gasteiger partial charge is 0.673 e. The number of halogens is 4. The van der Waals surface area contributed by atoms with E-state index in [-0.39, 0.29) is 0 Å². The number of thiazole rings is 1. The number of aryl methyl sites for hydroxylation is 1. The summed E-state index contributed by atoms with van der Waals surface area (Å²) in [5.74, 6) is 0.847. The molecule has 0 fully saturated rings. The Balaban J connectivity index is 0.000000658. The van der Waals surface area contributed by atoms with Crippen molar-refractivity contribution in [3.05, 3.63) is 73.1 Å². The third kappa shape index (κ3) is 8.01. The lowest BCUT2D eigenvalue weighted by Gasteiger charge is -2.21. The van der Waals surface area contributed by atoms with Crippen molar-refractivity contribution in [3.8, 4) is 5.75 Å². The molecule has 4 aromatic rings. The van der Waals surface area contributed by atoms with Gasteiger partial charge in [0.05, 0.1) is 30.5 Å². The van der Waals surface area contributed by atoms with E-state index in [0.717, 1.165) is 46.4 Å². The van der Waals surface area contributed by atoms with E-state index in [1.165, 1.54) is 5.69 Å². The molecular weight excluding hydrogens is 493 g/mol. The highest BCUT2D eigenvalue weighted by Crippen LogP contribution is 2.30. The monoisotopic (exact) mass is 520 g/mol. The highest BCUT2D eigenvalue weighted by atomic mass is 32.1. The van der Waals surface area contributed by atoms with Crippen molar-refractivity contribution in [1.29, 1.82) is 0 Å². The Hall–Kier alpha value is -3.54. The lowest BCUT2D eigenvalue weighted by Crippen LogP contribution is -2.40. The van der Waals surface area contributed by atoms with Crippen LogP contribution >= 0.6 is 11.3 Å². The molecular formula is C24H27BF4N5OS+. The Morgan fingerprint density at radius 1 is 0.972 bits per heavy atom. The number of rotatable bonds is 8. The summed E-state index contributed by atoms with van der Waals surface area (Å²) in [6.45, 7) is 5.03. The number of likely N-dealkylation sites (N-methyl/N-ethyl adjacent to an activating group) is 1. The second-order valence-corrected chi connectivity index (χ2v) is 8.69. The molecule has 12 heteroatoms. The van der Waals surface area contributed by atoms with Crippen molar-refractivity contribution >= 4 is 45.3 Å². The first kappa shape index (κ1) is 27.1. The second-order valence-electron chi connectivity index (χ2n) is 7.68. The molecule has 0 N–H and O–H groups in total. The third-order valence-electron chi connectivity index (χ3n) is 5.27. The lowest BCUT2D eigenvalue weighted by molar-refractivity contribution is -0.694. The molecule has 2 heterocycles. The molecule has 0 aliphatic heterocycles. The molecule has 0 radical (unpaired) electrons. The number of aromatic nitrogens is 2. The molecule has 0 saturated carbocycles. The van der Waals surface area contributed by atoms with Gasteiger partial charge in [-0.3, -0.25) is 0 Å². The van der Waals surface area contributed by atoms with Crippen molar-refractivity contribution in [1.82, 2.24) is 0 Å². The van der Waals surface area contributed by atoms with Crippen LogP contribution in [0.25, 0.3) is 10.2 Å². The quantitative estimate of drug-likeness (QED) is 0.119. The van der Waals surface area contributed by atoms with E-state index in [1.54, 1.807) is 18.4 Å². The zero-order valence-electron chi connectivity index (χ0n) is 20.2. The number of hydrogen-bond donors (Lipinski definition) is 0. The number of pyridine rings is 1. The van der Waals surface area contributed by atoms with Crippen molar-refractivity contribution < 1.29 is 31.1 Å². The first-order chi connectivity index (χ1) is 17.2. The lowest BCUT2D eigenvalue weighted by atomic mass is 10.2. The van der Waals surface area contributed by atoms with E-state index in [2.05, 4.69) is 67.8 Å². The van der Waals surface area contributed by atoms with Crippen molar-refractivity contribution in [3.63, 3.8) is 0 Å². The molecule has 0 atom stereocenters.